The second-order valence-corrected chi connectivity index (χ2v) is 6.38. The normalized spacial score (nSPS) is 12.7. The van der Waals surface area contributed by atoms with Crippen LogP contribution in [0.4, 0.5) is 0 Å². The van der Waals surface area contributed by atoms with Gasteiger partial charge in [0.15, 0.2) is 11.5 Å². The van der Waals surface area contributed by atoms with Crippen molar-refractivity contribution < 1.29 is 9.47 Å². The topological polar surface area (TPSA) is 53.4 Å². The molecular formula is C23H16N2O3. The van der Waals surface area contributed by atoms with E-state index >= 15 is 0 Å². The molecule has 5 heteroatoms. The maximum absolute atomic E-state index is 13.2. The Hall–Kier alpha value is -3.86. The zero-order valence-corrected chi connectivity index (χ0v) is 14.9. The molecule has 0 saturated heterocycles. The third-order valence-corrected chi connectivity index (χ3v) is 4.66. The predicted octanol–water partition coefficient (Wildman–Crippen LogP) is 4.28. The molecule has 0 spiro atoms. The summed E-state index contributed by atoms with van der Waals surface area (Å²) in [5.41, 5.74) is 2.20. The lowest BCUT2D eigenvalue weighted by molar-refractivity contribution is 0.174. The van der Waals surface area contributed by atoms with Crippen molar-refractivity contribution in [2.75, 3.05) is 6.79 Å². The minimum absolute atomic E-state index is 0.102. The molecule has 0 radical (unpaired) electrons. The fourth-order valence-electron chi connectivity index (χ4n) is 3.34. The van der Waals surface area contributed by atoms with Crippen LogP contribution in [-0.2, 0) is 0 Å². The third kappa shape index (κ3) is 2.74. The Morgan fingerprint density at radius 1 is 0.857 bits per heavy atom. The first-order valence-electron chi connectivity index (χ1n) is 8.95. The fourth-order valence-corrected chi connectivity index (χ4v) is 3.34. The van der Waals surface area contributed by atoms with Gasteiger partial charge in [0, 0.05) is 5.56 Å². The lowest BCUT2D eigenvalue weighted by Crippen LogP contribution is -2.22. The summed E-state index contributed by atoms with van der Waals surface area (Å²) >= 11 is 0. The van der Waals surface area contributed by atoms with E-state index in [0.29, 0.717) is 28.2 Å². The molecule has 28 heavy (non-hydrogen) atoms. The highest BCUT2D eigenvalue weighted by molar-refractivity contribution is 5.80. The predicted molar refractivity (Wildman–Crippen MR) is 109 cm³/mol. The molecule has 5 nitrogen and oxygen atoms in total. The minimum Gasteiger partial charge on any atom is -0.454 e. The zero-order valence-electron chi connectivity index (χ0n) is 14.9. The average molecular weight is 368 g/mol. The van der Waals surface area contributed by atoms with E-state index in [-0.39, 0.29) is 12.4 Å². The number of aromatic nitrogens is 2. The molecule has 136 valence electrons. The first kappa shape index (κ1) is 16.3. The SMILES string of the molecule is O=c1c2ccccc2nc(C=Cc2cccc3c2OCO3)n1-c1ccccc1. The van der Waals surface area contributed by atoms with Crippen LogP contribution in [0.2, 0.25) is 0 Å². The number of para-hydroxylation sites is 3. The highest BCUT2D eigenvalue weighted by Crippen LogP contribution is 2.36. The van der Waals surface area contributed by atoms with Gasteiger partial charge in [0.1, 0.15) is 5.82 Å². The number of fused-ring (bicyclic) bond motifs is 2. The van der Waals surface area contributed by atoms with Gasteiger partial charge >= 0.3 is 0 Å². The summed E-state index contributed by atoms with van der Waals surface area (Å²) in [6.45, 7) is 0.211. The van der Waals surface area contributed by atoms with Crippen LogP contribution < -0.4 is 15.0 Å². The van der Waals surface area contributed by atoms with Gasteiger partial charge in [-0.3, -0.25) is 9.36 Å². The summed E-state index contributed by atoms with van der Waals surface area (Å²) in [5, 5.41) is 0.584. The van der Waals surface area contributed by atoms with E-state index in [9.17, 15) is 4.79 Å². The van der Waals surface area contributed by atoms with Crippen molar-refractivity contribution >= 4 is 23.1 Å². The second-order valence-electron chi connectivity index (χ2n) is 6.38. The lowest BCUT2D eigenvalue weighted by Gasteiger charge is -2.11. The van der Waals surface area contributed by atoms with Gasteiger partial charge in [0.25, 0.3) is 5.56 Å². The molecule has 4 aromatic rings. The fraction of sp³-hybridized carbons (Fsp3) is 0.0435. The molecule has 0 amide bonds. The number of nitrogens with zero attached hydrogens (tertiary/aromatic N) is 2. The van der Waals surface area contributed by atoms with Gasteiger partial charge in [-0.2, -0.15) is 0 Å². The van der Waals surface area contributed by atoms with Crippen LogP contribution in [-0.4, -0.2) is 16.3 Å². The molecule has 0 aliphatic carbocycles. The summed E-state index contributed by atoms with van der Waals surface area (Å²) in [6.07, 6.45) is 3.72. The molecule has 0 atom stereocenters. The van der Waals surface area contributed by atoms with Gasteiger partial charge in [0.2, 0.25) is 6.79 Å². The summed E-state index contributed by atoms with van der Waals surface area (Å²) in [7, 11) is 0. The Balaban J connectivity index is 1.71. The van der Waals surface area contributed by atoms with E-state index in [0.717, 1.165) is 11.3 Å². The van der Waals surface area contributed by atoms with Crippen molar-refractivity contribution in [3.05, 3.63) is 94.5 Å². The first-order valence-corrected chi connectivity index (χ1v) is 8.95. The second kappa shape index (κ2) is 6.70. The summed E-state index contributed by atoms with van der Waals surface area (Å²) in [5.74, 6) is 1.97. The standard InChI is InChI=1S/C23H16N2O3/c26-23-18-10-4-5-11-19(18)24-21(25(23)17-8-2-1-3-9-17)14-13-16-7-6-12-20-22(16)28-15-27-20/h1-14H,15H2. The molecule has 1 aliphatic heterocycles. The van der Waals surface area contributed by atoms with E-state index in [4.69, 9.17) is 14.5 Å². The van der Waals surface area contributed by atoms with Crippen molar-refractivity contribution in [1.82, 2.24) is 9.55 Å². The lowest BCUT2D eigenvalue weighted by atomic mass is 10.1. The third-order valence-electron chi connectivity index (χ3n) is 4.66. The molecule has 5 rings (SSSR count). The highest BCUT2D eigenvalue weighted by Gasteiger charge is 2.16. The van der Waals surface area contributed by atoms with E-state index in [1.807, 2.05) is 78.9 Å². The number of ether oxygens (including phenoxy) is 2. The Labute approximate surface area is 161 Å². The van der Waals surface area contributed by atoms with E-state index in [2.05, 4.69) is 0 Å². The number of hydrogen-bond acceptors (Lipinski definition) is 4. The van der Waals surface area contributed by atoms with Crippen LogP contribution in [0.1, 0.15) is 11.4 Å². The molecule has 3 aromatic carbocycles. The van der Waals surface area contributed by atoms with Crippen LogP contribution in [0, 0.1) is 0 Å². The summed E-state index contributed by atoms with van der Waals surface area (Å²) in [4.78, 5) is 17.9. The zero-order chi connectivity index (χ0) is 18.9. The number of rotatable bonds is 3. The number of benzene rings is 3. The van der Waals surface area contributed by atoms with Crippen molar-refractivity contribution in [1.29, 1.82) is 0 Å². The first-order chi connectivity index (χ1) is 13.8. The van der Waals surface area contributed by atoms with Crippen molar-refractivity contribution in [2.45, 2.75) is 0 Å². The van der Waals surface area contributed by atoms with Gasteiger partial charge in [-0.15, -0.1) is 0 Å². The molecule has 0 bridgehead atoms. The largest absolute Gasteiger partial charge is 0.454 e. The van der Waals surface area contributed by atoms with Gasteiger partial charge < -0.3 is 9.47 Å². The Kier molecular flexibility index (Phi) is 3.91. The maximum atomic E-state index is 13.2. The highest BCUT2D eigenvalue weighted by atomic mass is 16.7. The van der Waals surface area contributed by atoms with Gasteiger partial charge in [-0.25, -0.2) is 4.98 Å². The molecule has 0 fully saturated rings. The van der Waals surface area contributed by atoms with Crippen molar-refractivity contribution in [3.63, 3.8) is 0 Å². The molecule has 1 aliphatic rings. The number of hydrogen-bond donors (Lipinski definition) is 0. The van der Waals surface area contributed by atoms with Crippen molar-refractivity contribution in [2.24, 2.45) is 0 Å². The summed E-state index contributed by atoms with van der Waals surface area (Å²) < 4.78 is 12.6. The maximum Gasteiger partial charge on any atom is 0.266 e. The van der Waals surface area contributed by atoms with Crippen molar-refractivity contribution in [3.8, 4) is 17.2 Å². The molecule has 0 unspecified atom stereocenters. The molecule has 0 N–H and O–H groups in total. The van der Waals surface area contributed by atoms with E-state index < -0.39 is 0 Å². The van der Waals surface area contributed by atoms with E-state index in [1.165, 1.54) is 0 Å². The molecule has 1 aromatic heterocycles. The smallest absolute Gasteiger partial charge is 0.266 e. The minimum atomic E-state index is -0.102. The van der Waals surface area contributed by atoms with Crippen LogP contribution in [0.15, 0.2) is 77.6 Å². The van der Waals surface area contributed by atoms with Crippen LogP contribution in [0.25, 0.3) is 28.7 Å². The van der Waals surface area contributed by atoms with Crippen LogP contribution in [0.5, 0.6) is 11.5 Å². The van der Waals surface area contributed by atoms with Crippen LogP contribution >= 0.6 is 0 Å². The van der Waals surface area contributed by atoms with Crippen LogP contribution in [0.3, 0.4) is 0 Å². The monoisotopic (exact) mass is 368 g/mol. The van der Waals surface area contributed by atoms with Gasteiger partial charge in [0.05, 0.1) is 16.6 Å². The quantitative estimate of drug-likeness (QED) is 0.541. The Morgan fingerprint density at radius 3 is 2.57 bits per heavy atom. The molecule has 0 saturated carbocycles. The van der Waals surface area contributed by atoms with E-state index in [1.54, 1.807) is 10.6 Å². The average Bonchev–Trinajstić information content (AvgIpc) is 3.22. The summed E-state index contributed by atoms with van der Waals surface area (Å²) in [6, 6.07) is 22.6. The Morgan fingerprint density at radius 2 is 1.68 bits per heavy atom. The molecular weight excluding hydrogens is 352 g/mol. The Bertz CT molecular complexity index is 1260. The van der Waals surface area contributed by atoms with Gasteiger partial charge in [-0.1, -0.05) is 42.5 Å². The van der Waals surface area contributed by atoms with Gasteiger partial charge in [-0.05, 0) is 42.5 Å². The molecule has 2 heterocycles.